The largest absolute Gasteiger partial charge is 0.402 e. The molecule has 1 aromatic rings. The van der Waals surface area contributed by atoms with E-state index in [-0.39, 0.29) is 17.7 Å². The van der Waals surface area contributed by atoms with Crippen LogP contribution in [-0.4, -0.2) is 64.0 Å². The molecule has 13 heteroatoms. The highest BCUT2D eigenvalue weighted by Gasteiger charge is 2.52. The molecule has 168 valence electrons. The fraction of sp³-hybridized carbons (Fsp3) is 0.647. The molecule has 0 radical (unpaired) electrons. The lowest BCUT2D eigenvalue weighted by Crippen LogP contribution is -2.35. The van der Waals surface area contributed by atoms with Crippen LogP contribution in [0.3, 0.4) is 0 Å². The Bertz CT molecular complexity index is 852. The van der Waals surface area contributed by atoms with Crippen LogP contribution < -0.4 is 16.2 Å². The second kappa shape index (κ2) is 9.01. The SMILES string of the molecule is CN1CCNC1c1cc(NC(=O)C2CC(Cl)C(C(F)(F)F)S2)cn(CC(F)F)c1=O. The maximum absolute atomic E-state index is 13.0. The number of thioether (sulfide) groups is 1. The third-order valence-electron chi connectivity index (χ3n) is 4.95. The van der Waals surface area contributed by atoms with Crippen LogP contribution >= 0.6 is 23.4 Å². The van der Waals surface area contributed by atoms with Crippen LogP contribution in [0.4, 0.5) is 27.6 Å². The molecule has 1 amide bonds. The van der Waals surface area contributed by atoms with E-state index in [1.54, 1.807) is 7.05 Å². The van der Waals surface area contributed by atoms with E-state index in [0.717, 1.165) is 10.8 Å². The van der Waals surface area contributed by atoms with Crippen LogP contribution in [0.1, 0.15) is 18.2 Å². The van der Waals surface area contributed by atoms with Gasteiger partial charge in [-0.2, -0.15) is 13.2 Å². The molecule has 2 N–H and O–H groups in total. The molecule has 6 nitrogen and oxygen atoms in total. The molecule has 2 saturated heterocycles. The van der Waals surface area contributed by atoms with Crippen molar-refractivity contribution in [2.24, 2.45) is 0 Å². The van der Waals surface area contributed by atoms with Gasteiger partial charge in [0.25, 0.3) is 12.0 Å². The Morgan fingerprint density at radius 1 is 1.43 bits per heavy atom. The first-order valence-corrected chi connectivity index (χ1v) is 10.5. The van der Waals surface area contributed by atoms with Crippen molar-refractivity contribution in [1.29, 1.82) is 0 Å². The Balaban J connectivity index is 1.84. The van der Waals surface area contributed by atoms with E-state index < -0.39 is 52.7 Å². The number of pyridine rings is 1. The highest BCUT2D eigenvalue weighted by Crippen LogP contribution is 2.45. The number of amides is 1. The van der Waals surface area contributed by atoms with Crippen molar-refractivity contribution in [3.8, 4) is 0 Å². The molecule has 2 fully saturated rings. The van der Waals surface area contributed by atoms with Gasteiger partial charge >= 0.3 is 6.18 Å². The number of hydrogen-bond acceptors (Lipinski definition) is 5. The van der Waals surface area contributed by atoms with E-state index >= 15 is 0 Å². The van der Waals surface area contributed by atoms with Gasteiger partial charge in [-0.3, -0.25) is 19.8 Å². The molecule has 0 aromatic carbocycles. The molecule has 2 aliphatic rings. The second-order valence-corrected chi connectivity index (χ2v) is 9.11. The summed E-state index contributed by atoms with van der Waals surface area (Å²) in [7, 11) is 1.75. The van der Waals surface area contributed by atoms with Gasteiger partial charge in [0.05, 0.1) is 34.6 Å². The summed E-state index contributed by atoms with van der Waals surface area (Å²) in [5.41, 5.74) is -0.414. The smallest absolute Gasteiger partial charge is 0.324 e. The van der Waals surface area contributed by atoms with Gasteiger partial charge in [0.15, 0.2) is 0 Å². The number of carbonyl (C=O) groups is 1. The summed E-state index contributed by atoms with van der Waals surface area (Å²) in [6.07, 6.45) is -6.97. The summed E-state index contributed by atoms with van der Waals surface area (Å²) in [4.78, 5) is 27.0. The van der Waals surface area contributed by atoms with Gasteiger partial charge in [-0.1, -0.05) is 0 Å². The van der Waals surface area contributed by atoms with Crippen LogP contribution in [0.2, 0.25) is 0 Å². The number of anilines is 1. The summed E-state index contributed by atoms with van der Waals surface area (Å²) in [5.74, 6) is -0.724. The van der Waals surface area contributed by atoms with Gasteiger partial charge in [0.1, 0.15) is 5.25 Å². The lowest BCUT2D eigenvalue weighted by Gasteiger charge is -2.21. The molecule has 4 unspecified atom stereocenters. The van der Waals surface area contributed by atoms with Crippen molar-refractivity contribution in [1.82, 2.24) is 14.8 Å². The van der Waals surface area contributed by atoms with Crippen molar-refractivity contribution in [2.45, 2.75) is 47.6 Å². The zero-order valence-corrected chi connectivity index (χ0v) is 17.3. The van der Waals surface area contributed by atoms with Crippen LogP contribution in [-0.2, 0) is 11.3 Å². The number of hydrogen-bond donors (Lipinski definition) is 2. The van der Waals surface area contributed by atoms with Crippen LogP contribution in [0.25, 0.3) is 0 Å². The quantitative estimate of drug-likeness (QED) is 0.507. The van der Waals surface area contributed by atoms with Crippen LogP contribution in [0.15, 0.2) is 17.1 Å². The molecular formula is C17H20ClF5N4O2S. The molecule has 30 heavy (non-hydrogen) atoms. The van der Waals surface area contributed by atoms with Crippen molar-refractivity contribution in [2.75, 3.05) is 25.5 Å². The summed E-state index contributed by atoms with van der Waals surface area (Å²) in [5, 5.41) is 1.37. The lowest BCUT2D eigenvalue weighted by atomic mass is 10.1. The van der Waals surface area contributed by atoms with Crippen LogP contribution in [0, 0.1) is 0 Å². The van der Waals surface area contributed by atoms with Gasteiger partial charge in [-0.15, -0.1) is 23.4 Å². The first-order valence-electron chi connectivity index (χ1n) is 9.10. The van der Waals surface area contributed by atoms with Crippen molar-refractivity contribution >= 4 is 35.0 Å². The Hall–Kier alpha value is -1.37. The average molecular weight is 475 g/mol. The number of nitrogens with one attached hydrogen (secondary N) is 2. The molecule has 0 saturated carbocycles. The fourth-order valence-corrected chi connectivity index (χ4v) is 5.43. The zero-order valence-electron chi connectivity index (χ0n) is 15.8. The maximum atomic E-state index is 13.0. The minimum atomic E-state index is -4.54. The Morgan fingerprint density at radius 2 is 2.13 bits per heavy atom. The standard InChI is InChI=1S/C17H20ClF5N4O2S/c1-26-3-2-24-14(26)9-4-8(6-27(16(9)29)7-12(19)20)25-15(28)11-5-10(18)13(30-11)17(21,22)23/h4,6,10-14,24H,2-3,5,7H2,1H3,(H,25,28). The molecule has 0 spiro atoms. The summed E-state index contributed by atoms with van der Waals surface area (Å²) in [6, 6.07) is 1.36. The molecule has 0 bridgehead atoms. The van der Waals surface area contributed by atoms with Crippen molar-refractivity contribution in [3.63, 3.8) is 0 Å². The first-order chi connectivity index (χ1) is 14.0. The van der Waals surface area contributed by atoms with E-state index in [1.807, 2.05) is 4.90 Å². The van der Waals surface area contributed by atoms with E-state index in [0.29, 0.717) is 24.9 Å². The number of rotatable bonds is 5. The Kier molecular flexibility index (Phi) is 7.00. The molecule has 2 aliphatic heterocycles. The minimum Gasteiger partial charge on any atom is -0.324 e. The van der Waals surface area contributed by atoms with Gasteiger partial charge in [0, 0.05) is 19.3 Å². The number of alkyl halides is 6. The van der Waals surface area contributed by atoms with E-state index in [4.69, 9.17) is 11.6 Å². The molecule has 3 heterocycles. The number of carbonyl (C=O) groups excluding carboxylic acids is 1. The third-order valence-corrected chi connectivity index (χ3v) is 7.15. The normalized spacial score (nSPS) is 27.7. The summed E-state index contributed by atoms with van der Waals surface area (Å²) < 4.78 is 65.6. The average Bonchev–Trinajstić information content (AvgIpc) is 3.22. The predicted molar refractivity (Wildman–Crippen MR) is 104 cm³/mol. The van der Waals surface area contributed by atoms with Crippen molar-refractivity contribution < 1.29 is 26.7 Å². The van der Waals surface area contributed by atoms with E-state index in [2.05, 4.69) is 10.6 Å². The number of nitrogens with zero attached hydrogens (tertiary/aromatic N) is 2. The topological polar surface area (TPSA) is 66.4 Å². The highest BCUT2D eigenvalue weighted by molar-refractivity contribution is 8.01. The molecular weight excluding hydrogens is 455 g/mol. The molecule has 3 rings (SSSR count). The van der Waals surface area contributed by atoms with Gasteiger partial charge < -0.3 is 9.88 Å². The predicted octanol–water partition coefficient (Wildman–Crippen LogP) is 2.63. The lowest BCUT2D eigenvalue weighted by molar-refractivity contribution is -0.128. The number of likely N-dealkylation sites (N-methyl/N-ethyl adjacent to an activating group) is 1. The summed E-state index contributed by atoms with van der Waals surface area (Å²) in [6.45, 7) is 0.342. The van der Waals surface area contributed by atoms with E-state index in [9.17, 15) is 31.5 Å². The highest BCUT2D eigenvalue weighted by atomic mass is 35.5. The summed E-state index contributed by atoms with van der Waals surface area (Å²) >= 11 is 6.19. The Labute approximate surface area is 178 Å². The van der Waals surface area contributed by atoms with Gasteiger partial charge in [-0.25, -0.2) is 8.78 Å². The minimum absolute atomic E-state index is 0.0551. The molecule has 4 atom stereocenters. The Morgan fingerprint density at radius 3 is 2.67 bits per heavy atom. The first kappa shape index (κ1) is 23.3. The molecule has 0 aliphatic carbocycles. The maximum Gasteiger partial charge on any atom is 0.402 e. The zero-order chi connectivity index (χ0) is 22.2. The van der Waals surface area contributed by atoms with Crippen LogP contribution in [0.5, 0.6) is 0 Å². The number of halogens is 6. The molecule has 1 aromatic heterocycles. The number of aromatic nitrogens is 1. The van der Waals surface area contributed by atoms with Gasteiger partial charge in [-0.05, 0) is 19.5 Å². The third kappa shape index (κ3) is 5.09. The van der Waals surface area contributed by atoms with E-state index in [1.165, 1.54) is 6.07 Å². The fourth-order valence-electron chi connectivity index (χ4n) is 3.54. The monoisotopic (exact) mass is 474 g/mol. The van der Waals surface area contributed by atoms with Gasteiger partial charge in [0.2, 0.25) is 5.91 Å². The second-order valence-electron chi connectivity index (χ2n) is 7.20. The van der Waals surface area contributed by atoms with Crippen molar-refractivity contribution in [3.05, 3.63) is 28.2 Å².